The molecule has 0 radical (unpaired) electrons. The van der Waals surface area contributed by atoms with Crippen LogP contribution in [0.2, 0.25) is 0 Å². The first-order chi connectivity index (χ1) is 9.28. The van der Waals surface area contributed by atoms with Crippen LogP contribution >= 0.6 is 0 Å². The van der Waals surface area contributed by atoms with Gasteiger partial charge in [0.25, 0.3) is 5.56 Å². The Labute approximate surface area is 107 Å². The topological polar surface area (TPSA) is 100 Å². The summed E-state index contributed by atoms with van der Waals surface area (Å²) in [5.74, 6) is 0.978. The minimum Gasteiger partial charge on any atom is -0.306 e. The molecular weight excluding hydrogens is 244 g/mol. The maximum atomic E-state index is 12.0. The van der Waals surface area contributed by atoms with Gasteiger partial charge >= 0.3 is 0 Å². The number of tetrazole rings is 1. The largest absolute Gasteiger partial charge is 0.306 e. The molecule has 2 aromatic heterocycles. The molecule has 0 fully saturated rings. The highest BCUT2D eigenvalue weighted by molar-refractivity contribution is 5.82. The minimum atomic E-state index is -0.191. The second kappa shape index (κ2) is 4.45. The molecule has 2 N–H and O–H groups in total. The van der Waals surface area contributed by atoms with Gasteiger partial charge < -0.3 is 4.98 Å². The van der Waals surface area contributed by atoms with Crippen molar-refractivity contribution in [3.8, 4) is 11.4 Å². The molecule has 0 bridgehead atoms. The van der Waals surface area contributed by atoms with Crippen molar-refractivity contribution in [2.24, 2.45) is 0 Å². The molecule has 7 heteroatoms. The van der Waals surface area contributed by atoms with E-state index >= 15 is 0 Å². The summed E-state index contributed by atoms with van der Waals surface area (Å²) >= 11 is 0. The van der Waals surface area contributed by atoms with Gasteiger partial charge in [0.15, 0.2) is 0 Å². The smallest absolute Gasteiger partial charge is 0.259 e. The van der Waals surface area contributed by atoms with Gasteiger partial charge in [-0.05, 0) is 36.4 Å². The van der Waals surface area contributed by atoms with E-state index in [1.54, 1.807) is 24.3 Å². The van der Waals surface area contributed by atoms with E-state index in [4.69, 9.17) is 0 Å². The van der Waals surface area contributed by atoms with Gasteiger partial charge in [-0.1, -0.05) is 6.08 Å². The molecule has 3 rings (SSSR count). The van der Waals surface area contributed by atoms with Crippen molar-refractivity contribution in [3.05, 3.63) is 40.5 Å². The van der Waals surface area contributed by atoms with Crippen molar-refractivity contribution < 1.29 is 0 Å². The molecule has 0 unspecified atom stereocenters. The van der Waals surface area contributed by atoms with Crippen LogP contribution in [0.15, 0.2) is 29.1 Å². The van der Waals surface area contributed by atoms with Gasteiger partial charge in [-0.15, -0.1) is 10.2 Å². The minimum absolute atomic E-state index is 0.191. The van der Waals surface area contributed by atoms with Gasteiger partial charge in [0, 0.05) is 5.56 Å². The van der Waals surface area contributed by atoms with E-state index in [1.165, 1.54) is 0 Å². The predicted octanol–water partition coefficient (Wildman–Crippen LogP) is 1.14. The average molecular weight is 254 g/mol. The number of allylic oxidation sites excluding steroid dienone is 1. The van der Waals surface area contributed by atoms with E-state index in [9.17, 15) is 4.79 Å². The maximum Gasteiger partial charge on any atom is 0.259 e. The van der Waals surface area contributed by atoms with Crippen molar-refractivity contribution in [2.75, 3.05) is 0 Å². The Morgan fingerprint density at radius 1 is 1.32 bits per heavy atom. The third-order valence-electron chi connectivity index (χ3n) is 2.65. The molecule has 0 saturated carbocycles. The zero-order valence-corrected chi connectivity index (χ0v) is 10.1. The highest BCUT2D eigenvalue weighted by atomic mass is 16.1. The van der Waals surface area contributed by atoms with Crippen molar-refractivity contribution in [3.63, 3.8) is 0 Å². The van der Waals surface area contributed by atoms with Crippen molar-refractivity contribution in [2.45, 2.75) is 6.92 Å². The van der Waals surface area contributed by atoms with Crippen molar-refractivity contribution >= 4 is 17.0 Å². The lowest BCUT2D eigenvalue weighted by Gasteiger charge is -2.00. The van der Waals surface area contributed by atoms with Crippen LogP contribution in [0, 0.1) is 0 Å². The van der Waals surface area contributed by atoms with Gasteiger partial charge in [0.05, 0.1) is 10.9 Å². The van der Waals surface area contributed by atoms with Gasteiger partial charge in [-0.2, -0.15) is 5.21 Å². The zero-order chi connectivity index (χ0) is 13.2. The predicted molar refractivity (Wildman–Crippen MR) is 70.2 cm³/mol. The number of rotatable bonds is 2. The van der Waals surface area contributed by atoms with Crippen LogP contribution in [-0.4, -0.2) is 30.6 Å². The molecule has 0 spiro atoms. The number of benzene rings is 1. The number of fused-ring (bicyclic) bond motifs is 1. The van der Waals surface area contributed by atoms with Crippen molar-refractivity contribution in [1.29, 1.82) is 0 Å². The number of hydrogen-bond acceptors (Lipinski definition) is 5. The molecule has 0 amide bonds. The summed E-state index contributed by atoms with van der Waals surface area (Å²) in [7, 11) is 0. The van der Waals surface area contributed by atoms with Crippen molar-refractivity contribution in [1.82, 2.24) is 30.6 Å². The van der Waals surface area contributed by atoms with Gasteiger partial charge in [-0.25, -0.2) is 4.98 Å². The Morgan fingerprint density at radius 2 is 2.21 bits per heavy atom. The lowest BCUT2D eigenvalue weighted by atomic mass is 10.1. The van der Waals surface area contributed by atoms with Gasteiger partial charge in [0.1, 0.15) is 5.82 Å². The molecule has 94 valence electrons. The number of nitrogens with zero attached hydrogens (tertiary/aromatic N) is 4. The molecular formula is C12H10N6O. The molecule has 0 aliphatic carbocycles. The van der Waals surface area contributed by atoms with E-state index in [0.29, 0.717) is 28.1 Å². The van der Waals surface area contributed by atoms with Crippen LogP contribution in [0.3, 0.4) is 0 Å². The summed E-state index contributed by atoms with van der Waals surface area (Å²) in [5.41, 5.74) is 1.15. The Morgan fingerprint density at radius 3 is 2.95 bits per heavy atom. The Hall–Kier alpha value is -2.83. The van der Waals surface area contributed by atoms with E-state index in [2.05, 4.69) is 30.6 Å². The Bertz CT molecular complexity index is 803. The molecule has 0 aliphatic heterocycles. The summed E-state index contributed by atoms with van der Waals surface area (Å²) in [5, 5.41) is 14.1. The number of nitrogens with one attached hydrogen (secondary N) is 2. The monoisotopic (exact) mass is 254 g/mol. The van der Waals surface area contributed by atoms with Crippen LogP contribution in [0.1, 0.15) is 12.7 Å². The SMILES string of the molecule is CC=Cc1nc2ccc(-c3nn[nH]n3)cc2c(=O)[nH]1. The van der Waals surface area contributed by atoms with E-state index in [-0.39, 0.29) is 5.56 Å². The molecule has 7 nitrogen and oxygen atoms in total. The third kappa shape index (κ3) is 2.01. The first kappa shape index (κ1) is 11.3. The maximum absolute atomic E-state index is 12.0. The van der Waals surface area contributed by atoms with Crippen LogP contribution in [-0.2, 0) is 0 Å². The van der Waals surface area contributed by atoms with Crippen LogP contribution < -0.4 is 5.56 Å². The quantitative estimate of drug-likeness (QED) is 0.714. The fourth-order valence-corrected chi connectivity index (χ4v) is 1.82. The fraction of sp³-hybridized carbons (Fsp3) is 0.0833. The molecule has 0 aliphatic rings. The standard InChI is InChI=1S/C12H10N6O/c1-2-3-10-13-9-5-4-7(11-15-17-18-16-11)6-8(9)12(19)14-10/h2-6H,1H3,(H,13,14,19)(H,15,16,17,18). The van der Waals surface area contributed by atoms with E-state index in [1.807, 2.05) is 13.0 Å². The first-order valence-corrected chi connectivity index (χ1v) is 5.68. The molecule has 0 atom stereocenters. The number of hydrogen-bond donors (Lipinski definition) is 2. The number of aromatic amines is 2. The summed E-state index contributed by atoms with van der Waals surface area (Å²) < 4.78 is 0. The Balaban J connectivity index is 2.22. The number of aromatic nitrogens is 6. The highest BCUT2D eigenvalue weighted by Gasteiger charge is 2.07. The van der Waals surface area contributed by atoms with E-state index in [0.717, 1.165) is 0 Å². The first-order valence-electron chi connectivity index (χ1n) is 5.68. The molecule has 1 aromatic carbocycles. The normalized spacial score (nSPS) is 11.4. The summed E-state index contributed by atoms with van der Waals surface area (Å²) in [6.45, 7) is 1.86. The van der Waals surface area contributed by atoms with Crippen LogP contribution in [0.4, 0.5) is 0 Å². The Kier molecular flexibility index (Phi) is 2.64. The van der Waals surface area contributed by atoms with Crippen LogP contribution in [0.5, 0.6) is 0 Å². The summed E-state index contributed by atoms with van der Waals surface area (Å²) in [6, 6.07) is 5.27. The molecule has 0 saturated heterocycles. The summed E-state index contributed by atoms with van der Waals surface area (Å²) in [4.78, 5) is 19.1. The lowest BCUT2D eigenvalue weighted by molar-refractivity contribution is 0.881. The average Bonchev–Trinajstić information content (AvgIpc) is 2.93. The zero-order valence-electron chi connectivity index (χ0n) is 10.1. The highest BCUT2D eigenvalue weighted by Crippen LogP contribution is 2.17. The molecule has 19 heavy (non-hydrogen) atoms. The fourth-order valence-electron chi connectivity index (χ4n) is 1.82. The molecule has 2 heterocycles. The second-order valence-electron chi connectivity index (χ2n) is 3.92. The second-order valence-corrected chi connectivity index (χ2v) is 3.92. The van der Waals surface area contributed by atoms with Gasteiger partial charge in [-0.3, -0.25) is 4.79 Å². The van der Waals surface area contributed by atoms with Crippen LogP contribution in [0.25, 0.3) is 28.4 Å². The lowest BCUT2D eigenvalue weighted by Crippen LogP contribution is -2.09. The summed E-state index contributed by atoms with van der Waals surface area (Å²) in [6.07, 6.45) is 3.56. The third-order valence-corrected chi connectivity index (χ3v) is 2.65. The molecule has 3 aromatic rings. The number of H-pyrrole nitrogens is 2. The van der Waals surface area contributed by atoms with E-state index < -0.39 is 0 Å². The van der Waals surface area contributed by atoms with Gasteiger partial charge in [0.2, 0.25) is 5.82 Å².